The van der Waals surface area contributed by atoms with Gasteiger partial charge >= 0.3 is 6.03 Å². The number of rotatable bonds is 4. The number of urea groups is 1. The van der Waals surface area contributed by atoms with E-state index in [-0.39, 0.29) is 6.54 Å². The number of halogens is 1. The van der Waals surface area contributed by atoms with Crippen LogP contribution in [0.2, 0.25) is 5.02 Å². The number of hydrogen-bond donors (Lipinski definition) is 1. The molecule has 3 rings (SSSR count). The van der Waals surface area contributed by atoms with Gasteiger partial charge in [-0.05, 0) is 6.07 Å². The van der Waals surface area contributed by atoms with E-state index in [1.54, 1.807) is 31.3 Å². The molecule has 0 radical (unpaired) electrons. The minimum Gasteiger partial charge on any atom is -0.338 e. The number of fused-ring (bicyclic) bond motifs is 1. The maximum absolute atomic E-state index is 12.4. The van der Waals surface area contributed by atoms with E-state index in [1.807, 2.05) is 0 Å². The molecule has 1 N–H and O–H groups in total. The van der Waals surface area contributed by atoms with Gasteiger partial charge in [0, 0.05) is 24.7 Å². The van der Waals surface area contributed by atoms with Crippen LogP contribution in [0.3, 0.4) is 0 Å². The number of aliphatic imine (C=N–C) groups is 1. The van der Waals surface area contributed by atoms with E-state index in [0.29, 0.717) is 10.6 Å². The summed E-state index contributed by atoms with van der Waals surface area (Å²) in [6.07, 6.45) is 2.21. The number of imide groups is 1. The lowest BCUT2D eigenvalue weighted by atomic mass is 10.1. The smallest absolute Gasteiger partial charge is 0.328 e. The molecular formula is C16H17ClN6O3. The maximum atomic E-state index is 12.4. The third-order valence-electron chi connectivity index (χ3n) is 4.20. The zero-order valence-electron chi connectivity index (χ0n) is 14.2. The monoisotopic (exact) mass is 376 g/mol. The Morgan fingerprint density at radius 3 is 2.81 bits per heavy atom. The maximum Gasteiger partial charge on any atom is 0.328 e. The second-order valence-electron chi connectivity index (χ2n) is 5.90. The third kappa shape index (κ3) is 3.25. The van der Waals surface area contributed by atoms with Crippen LogP contribution in [0.4, 0.5) is 4.79 Å². The number of nitrogens with one attached hydrogen (secondary N) is 1. The lowest BCUT2D eigenvalue weighted by molar-refractivity contribution is -0.136. The minimum atomic E-state index is -0.721. The van der Waals surface area contributed by atoms with E-state index in [9.17, 15) is 14.4 Å². The van der Waals surface area contributed by atoms with Crippen LogP contribution < -0.4 is 5.43 Å². The Morgan fingerprint density at radius 1 is 1.35 bits per heavy atom. The molecule has 0 aliphatic carbocycles. The Balaban J connectivity index is 1.62. The van der Waals surface area contributed by atoms with Gasteiger partial charge < -0.3 is 9.80 Å². The number of likely N-dealkylation sites (N-methyl/N-ethyl adjacent to an activating group) is 2. The van der Waals surface area contributed by atoms with E-state index in [0.717, 1.165) is 4.90 Å². The van der Waals surface area contributed by atoms with Crippen LogP contribution in [0.5, 0.6) is 0 Å². The third-order valence-corrected chi connectivity index (χ3v) is 4.54. The molecule has 9 nitrogen and oxygen atoms in total. The van der Waals surface area contributed by atoms with Crippen molar-refractivity contribution >= 4 is 42.0 Å². The minimum absolute atomic E-state index is 0.119. The first-order valence-corrected chi connectivity index (χ1v) is 8.18. The standard InChI is InChI=1S/C16H17ClN6O3/c1-21-14-13(15(25)22(2)16(21)26)23(9-18-14)8-12(24)20-19-7-10-5-3-4-6-11(10)17/h3-7,9,13-14H,8H2,1-2H3,(H,20,24)/b19-7+. The van der Waals surface area contributed by atoms with Gasteiger partial charge in [-0.1, -0.05) is 29.8 Å². The second-order valence-corrected chi connectivity index (χ2v) is 6.31. The highest BCUT2D eigenvalue weighted by Crippen LogP contribution is 2.24. The van der Waals surface area contributed by atoms with Gasteiger partial charge in [0.2, 0.25) is 0 Å². The lowest BCUT2D eigenvalue weighted by Crippen LogP contribution is -2.64. The predicted molar refractivity (Wildman–Crippen MR) is 95.9 cm³/mol. The Bertz CT molecular complexity index is 811. The molecule has 2 atom stereocenters. The molecule has 0 bridgehead atoms. The zero-order valence-corrected chi connectivity index (χ0v) is 14.9. The molecule has 2 aliphatic rings. The highest BCUT2D eigenvalue weighted by molar-refractivity contribution is 6.33. The first kappa shape index (κ1) is 17.9. The van der Waals surface area contributed by atoms with E-state index in [2.05, 4.69) is 15.5 Å². The second kappa shape index (κ2) is 7.12. The number of benzene rings is 1. The van der Waals surface area contributed by atoms with Crippen LogP contribution in [0.1, 0.15) is 5.56 Å². The number of hydrazone groups is 1. The lowest BCUT2D eigenvalue weighted by Gasteiger charge is -2.39. The number of amides is 4. The Morgan fingerprint density at radius 2 is 2.08 bits per heavy atom. The molecular weight excluding hydrogens is 360 g/mol. The van der Waals surface area contributed by atoms with E-state index in [4.69, 9.17) is 11.6 Å². The SMILES string of the molecule is CN1C(=O)C2C(N=CN2CC(=O)N/N=C/c2ccccc2Cl)N(C)C1=O. The predicted octanol–water partition coefficient (Wildman–Crippen LogP) is 0.353. The van der Waals surface area contributed by atoms with Crippen LogP contribution >= 0.6 is 11.6 Å². The van der Waals surface area contributed by atoms with Crippen molar-refractivity contribution in [3.63, 3.8) is 0 Å². The fraction of sp³-hybridized carbons (Fsp3) is 0.312. The van der Waals surface area contributed by atoms with Crippen LogP contribution in [0.25, 0.3) is 0 Å². The Labute approximate surface area is 154 Å². The van der Waals surface area contributed by atoms with Gasteiger partial charge in [0.25, 0.3) is 11.8 Å². The van der Waals surface area contributed by atoms with Crippen molar-refractivity contribution in [2.24, 2.45) is 10.1 Å². The average Bonchev–Trinajstić information content (AvgIpc) is 3.03. The van der Waals surface area contributed by atoms with Gasteiger partial charge in [0.15, 0.2) is 12.2 Å². The highest BCUT2D eigenvalue weighted by atomic mass is 35.5. The van der Waals surface area contributed by atoms with E-state index < -0.39 is 30.1 Å². The quantitative estimate of drug-likeness (QED) is 0.605. The molecule has 1 fully saturated rings. The largest absolute Gasteiger partial charge is 0.338 e. The van der Waals surface area contributed by atoms with Gasteiger partial charge in [-0.15, -0.1) is 0 Å². The zero-order chi connectivity index (χ0) is 18.8. The van der Waals surface area contributed by atoms with Gasteiger partial charge in [-0.2, -0.15) is 5.10 Å². The average molecular weight is 377 g/mol. The van der Waals surface area contributed by atoms with Gasteiger partial charge in [-0.25, -0.2) is 15.2 Å². The molecule has 0 spiro atoms. The molecule has 1 aromatic carbocycles. The van der Waals surface area contributed by atoms with Crippen molar-refractivity contribution in [3.8, 4) is 0 Å². The summed E-state index contributed by atoms with van der Waals surface area (Å²) < 4.78 is 0. The van der Waals surface area contributed by atoms with Crippen molar-refractivity contribution < 1.29 is 14.4 Å². The molecule has 1 aromatic rings. The van der Waals surface area contributed by atoms with Crippen molar-refractivity contribution in [3.05, 3.63) is 34.9 Å². The molecule has 10 heteroatoms. The Kier molecular flexibility index (Phi) is 4.90. The number of carbonyl (C=O) groups excluding carboxylic acids is 3. The molecule has 136 valence electrons. The number of nitrogens with zero attached hydrogens (tertiary/aromatic N) is 5. The number of hydrogen-bond acceptors (Lipinski definition) is 6. The summed E-state index contributed by atoms with van der Waals surface area (Å²) in [7, 11) is 2.97. The molecule has 0 saturated carbocycles. The summed E-state index contributed by atoms with van der Waals surface area (Å²) in [6.45, 7) is -0.119. The van der Waals surface area contributed by atoms with Crippen molar-refractivity contribution in [1.29, 1.82) is 0 Å². The van der Waals surface area contributed by atoms with Gasteiger partial charge in [0.1, 0.15) is 6.54 Å². The highest BCUT2D eigenvalue weighted by Gasteiger charge is 2.48. The summed E-state index contributed by atoms with van der Waals surface area (Å²) in [5.74, 6) is -0.821. The summed E-state index contributed by atoms with van der Waals surface area (Å²) >= 11 is 6.00. The van der Waals surface area contributed by atoms with E-state index >= 15 is 0 Å². The normalized spacial score (nSPS) is 22.3. The summed E-state index contributed by atoms with van der Waals surface area (Å²) in [6, 6.07) is 5.93. The van der Waals surface area contributed by atoms with Crippen molar-refractivity contribution in [2.75, 3.05) is 20.6 Å². The van der Waals surface area contributed by atoms with Crippen molar-refractivity contribution in [2.45, 2.75) is 12.2 Å². The molecule has 2 unspecified atom stereocenters. The van der Waals surface area contributed by atoms with Crippen LogP contribution in [0.15, 0.2) is 34.4 Å². The first-order valence-electron chi connectivity index (χ1n) is 7.80. The topological polar surface area (TPSA) is 97.7 Å². The Hall–Kier alpha value is -2.94. The summed E-state index contributed by atoms with van der Waals surface area (Å²) in [4.78, 5) is 44.5. The van der Waals surface area contributed by atoms with Crippen LogP contribution in [-0.4, -0.2) is 77.9 Å². The molecule has 26 heavy (non-hydrogen) atoms. The summed E-state index contributed by atoms with van der Waals surface area (Å²) in [5, 5.41) is 4.39. The first-order chi connectivity index (χ1) is 12.4. The van der Waals surface area contributed by atoms with Gasteiger partial charge in [0.05, 0.1) is 12.6 Å². The molecule has 0 aromatic heterocycles. The van der Waals surface area contributed by atoms with Crippen molar-refractivity contribution in [1.82, 2.24) is 20.1 Å². The molecule has 1 saturated heterocycles. The number of carbonyl (C=O) groups is 3. The van der Waals surface area contributed by atoms with Crippen LogP contribution in [0, 0.1) is 0 Å². The fourth-order valence-corrected chi connectivity index (χ4v) is 2.98. The fourth-order valence-electron chi connectivity index (χ4n) is 2.80. The summed E-state index contributed by atoms with van der Waals surface area (Å²) in [5.41, 5.74) is 3.06. The molecule has 2 heterocycles. The molecule has 2 aliphatic heterocycles. The van der Waals surface area contributed by atoms with Crippen LogP contribution in [-0.2, 0) is 9.59 Å². The van der Waals surface area contributed by atoms with E-state index in [1.165, 1.54) is 29.4 Å². The van der Waals surface area contributed by atoms with Gasteiger partial charge in [-0.3, -0.25) is 14.5 Å². The molecule has 4 amide bonds.